The summed E-state index contributed by atoms with van der Waals surface area (Å²) in [5, 5.41) is 16.9. The van der Waals surface area contributed by atoms with E-state index in [4.69, 9.17) is 24.4 Å². The van der Waals surface area contributed by atoms with Crippen LogP contribution in [0.2, 0.25) is 0 Å². The third-order valence-corrected chi connectivity index (χ3v) is 4.65. The van der Waals surface area contributed by atoms with Crippen LogP contribution in [-0.2, 0) is 0 Å². The fourth-order valence-corrected chi connectivity index (χ4v) is 3.41. The number of hydrogen-bond donors (Lipinski definition) is 2. The molecule has 27 heavy (non-hydrogen) atoms. The van der Waals surface area contributed by atoms with Crippen molar-refractivity contribution in [1.82, 2.24) is 10.2 Å². The highest BCUT2D eigenvalue weighted by atomic mass is 16.7. The smallest absolute Gasteiger partial charge is 0.244 e. The second-order valence-electron chi connectivity index (χ2n) is 6.26. The lowest BCUT2D eigenvalue weighted by atomic mass is 9.86. The van der Waals surface area contributed by atoms with Gasteiger partial charge in [0.15, 0.2) is 11.5 Å². The van der Waals surface area contributed by atoms with E-state index in [2.05, 4.69) is 16.3 Å². The zero-order valence-corrected chi connectivity index (χ0v) is 14.3. The summed E-state index contributed by atoms with van der Waals surface area (Å²) in [5.41, 5.74) is 8.45. The van der Waals surface area contributed by atoms with Crippen molar-refractivity contribution in [2.24, 2.45) is 5.73 Å². The number of nitriles is 1. The molecule has 134 valence electrons. The predicted octanol–water partition coefficient (Wildman–Crippen LogP) is 2.93. The first-order valence-electron chi connectivity index (χ1n) is 8.28. The molecule has 0 amide bonds. The number of nitrogens with zero attached hydrogens (tertiary/aromatic N) is 2. The highest BCUT2D eigenvalue weighted by molar-refractivity contribution is 5.72. The Hall–Kier alpha value is -3.86. The van der Waals surface area contributed by atoms with Crippen LogP contribution in [0.4, 0.5) is 0 Å². The second kappa shape index (κ2) is 5.57. The lowest BCUT2D eigenvalue weighted by Gasteiger charge is -2.22. The Morgan fingerprint density at radius 1 is 1.22 bits per heavy atom. The van der Waals surface area contributed by atoms with Gasteiger partial charge in [-0.2, -0.15) is 5.26 Å². The Labute approximate surface area is 153 Å². The molecule has 2 aromatic heterocycles. The number of nitrogens with two attached hydrogens (primary N) is 1. The number of rotatable bonds is 2. The second-order valence-corrected chi connectivity index (χ2v) is 6.26. The van der Waals surface area contributed by atoms with E-state index in [9.17, 15) is 5.26 Å². The summed E-state index contributed by atoms with van der Waals surface area (Å²) >= 11 is 0. The Kier molecular flexibility index (Phi) is 3.18. The van der Waals surface area contributed by atoms with Gasteiger partial charge in [-0.25, -0.2) is 0 Å². The topological polar surface area (TPSA) is 119 Å². The molecule has 3 N–H and O–H groups in total. The maximum absolute atomic E-state index is 9.67. The molecular weight excluding hydrogens is 348 g/mol. The number of allylic oxidation sites excluding steroid dienone is 1. The van der Waals surface area contributed by atoms with Crippen LogP contribution in [-0.4, -0.2) is 17.0 Å². The molecule has 8 heteroatoms. The summed E-state index contributed by atoms with van der Waals surface area (Å²) in [6.45, 7) is 2.03. The first-order valence-corrected chi connectivity index (χ1v) is 8.28. The monoisotopic (exact) mass is 362 g/mol. The molecule has 8 nitrogen and oxygen atoms in total. The van der Waals surface area contributed by atoms with Gasteiger partial charge in [-0.3, -0.25) is 5.10 Å². The number of fused-ring (bicyclic) bond motifs is 2. The molecule has 0 radical (unpaired) electrons. The summed E-state index contributed by atoms with van der Waals surface area (Å²) < 4.78 is 22.2. The molecule has 4 heterocycles. The average molecular weight is 362 g/mol. The number of H-pyrrole nitrogens is 1. The van der Waals surface area contributed by atoms with Crippen LogP contribution < -0.4 is 19.9 Å². The molecule has 0 aliphatic carbocycles. The van der Waals surface area contributed by atoms with Crippen molar-refractivity contribution < 1.29 is 18.6 Å². The third kappa shape index (κ3) is 2.25. The Morgan fingerprint density at radius 3 is 2.85 bits per heavy atom. The van der Waals surface area contributed by atoms with Gasteiger partial charge in [0.25, 0.3) is 0 Å². The molecule has 0 unspecified atom stereocenters. The summed E-state index contributed by atoms with van der Waals surface area (Å²) in [4.78, 5) is 0. The first-order chi connectivity index (χ1) is 13.2. The number of hydrogen-bond acceptors (Lipinski definition) is 7. The summed E-state index contributed by atoms with van der Waals surface area (Å²) in [5.74, 6) is 2.48. The van der Waals surface area contributed by atoms with Crippen molar-refractivity contribution in [3.63, 3.8) is 0 Å². The van der Waals surface area contributed by atoms with Gasteiger partial charge in [0.2, 0.25) is 18.6 Å². The van der Waals surface area contributed by atoms with E-state index >= 15 is 0 Å². The quantitative estimate of drug-likeness (QED) is 0.719. The maximum Gasteiger partial charge on any atom is 0.244 e. The summed E-state index contributed by atoms with van der Waals surface area (Å²) in [6.07, 6.45) is 0. The Bertz CT molecular complexity index is 1140. The SMILES string of the molecule is Cc1ccc([C@H]2C(C#N)=C(N)Oc3n[nH]c(-c4ccc5c(c4)OCO5)c32)o1. The standard InChI is InChI=1S/C19H14N4O4/c1-9-2-4-13(26-9)15-11(7-20)18(21)27-19-16(15)17(22-23-19)10-3-5-12-14(6-10)25-8-24-12/h2-6,15H,8,21H2,1H3,(H,22,23)/t15-/m1/s1. The van der Waals surface area contributed by atoms with Gasteiger partial charge in [-0.15, -0.1) is 5.10 Å². The lowest BCUT2D eigenvalue weighted by molar-refractivity contribution is 0.174. The van der Waals surface area contributed by atoms with Crippen molar-refractivity contribution in [1.29, 1.82) is 5.26 Å². The molecule has 2 aliphatic heterocycles. The van der Waals surface area contributed by atoms with Gasteiger partial charge in [0, 0.05) is 5.56 Å². The summed E-state index contributed by atoms with van der Waals surface area (Å²) in [7, 11) is 0. The zero-order chi connectivity index (χ0) is 18.5. The number of aromatic nitrogens is 2. The highest BCUT2D eigenvalue weighted by Crippen LogP contribution is 2.47. The zero-order valence-electron chi connectivity index (χ0n) is 14.3. The van der Waals surface area contributed by atoms with E-state index < -0.39 is 5.92 Å². The van der Waals surface area contributed by atoms with E-state index in [1.807, 2.05) is 37.3 Å². The minimum absolute atomic E-state index is 0.0211. The van der Waals surface area contributed by atoms with Crippen molar-refractivity contribution in [3.05, 3.63) is 58.9 Å². The Morgan fingerprint density at radius 2 is 2.07 bits per heavy atom. The number of nitrogens with one attached hydrogen (secondary N) is 1. The minimum Gasteiger partial charge on any atom is -0.465 e. The number of aromatic amines is 1. The summed E-state index contributed by atoms with van der Waals surface area (Å²) in [6, 6.07) is 11.4. The van der Waals surface area contributed by atoms with Crippen LogP contribution in [0.1, 0.15) is 23.0 Å². The van der Waals surface area contributed by atoms with Gasteiger partial charge >= 0.3 is 0 Å². The number of ether oxygens (including phenoxy) is 3. The molecular formula is C19H14N4O4. The molecule has 1 atom stereocenters. The first kappa shape index (κ1) is 15.4. The van der Waals surface area contributed by atoms with Crippen molar-refractivity contribution >= 4 is 0 Å². The fraction of sp³-hybridized carbons (Fsp3) is 0.158. The highest BCUT2D eigenvalue weighted by Gasteiger charge is 2.37. The lowest BCUT2D eigenvalue weighted by Crippen LogP contribution is -2.20. The van der Waals surface area contributed by atoms with E-state index in [0.717, 1.165) is 11.3 Å². The molecule has 0 spiro atoms. The normalized spacial score (nSPS) is 17.4. The third-order valence-electron chi connectivity index (χ3n) is 4.65. The van der Waals surface area contributed by atoms with Crippen molar-refractivity contribution in [3.8, 4) is 34.7 Å². The Balaban J connectivity index is 1.70. The average Bonchev–Trinajstić information content (AvgIpc) is 3.38. The van der Waals surface area contributed by atoms with E-state index in [0.29, 0.717) is 34.4 Å². The van der Waals surface area contributed by atoms with Gasteiger partial charge in [0.05, 0.1) is 17.2 Å². The largest absolute Gasteiger partial charge is 0.465 e. The van der Waals surface area contributed by atoms with Gasteiger partial charge < -0.3 is 24.4 Å². The van der Waals surface area contributed by atoms with Crippen LogP contribution in [0, 0.1) is 18.3 Å². The molecule has 2 aliphatic rings. The molecule has 0 fully saturated rings. The van der Waals surface area contributed by atoms with Crippen LogP contribution in [0.5, 0.6) is 17.4 Å². The van der Waals surface area contributed by atoms with E-state index in [1.165, 1.54) is 0 Å². The molecule has 0 saturated heterocycles. The minimum atomic E-state index is -0.522. The number of aryl methyl sites for hydroxylation is 1. The van der Waals surface area contributed by atoms with Crippen LogP contribution in [0.15, 0.2) is 46.2 Å². The number of benzene rings is 1. The number of furan rings is 1. The van der Waals surface area contributed by atoms with Crippen LogP contribution in [0.25, 0.3) is 11.3 Å². The van der Waals surface area contributed by atoms with Crippen molar-refractivity contribution in [2.75, 3.05) is 6.79 Å². The van der Waals surface area contributed by atoms with E-state index in [-0.39, 0.29) is 18.2 Å². The predicted molar refractivity (Wildman–Crippen MR) is 92.9 cm³/mol. The van der Waals surface area contributed by atoms with E-state index in [1.54, 1.807) is 0 Å². The molecule has 3 aromatic rings. The molecule has 0 bridgehead atoms. The molecule has 5 rings (SSSR count). The maximum atomic E-state index is 9.67. The molecule has 1 aromatic carbocycles. The molecule has 0 saturated carbocycles. The fourth-order valence-electron chi connectivity index (χ4n) is 3.41. The van der Waals surface area contributed by atoms with Crippen molar-refractivity contribution in [2.45, 2.75) is 12.8 Å². The van der Waals surface area contributed by atoms with Gasteiger partial charge in [-0.1, -0.05) is 0 Å². The van der Waals surface area contributed by atoms with Gasteiger partial charge in [0.1, 0.15) is 23.2 Å². The van der Waals surface area contributed by atoms with Crippen LogP contribution in [0.3, 0.4) is 0 Å². The van der Waals surface area contributed by atoms with Gasteiger partial charge in [-0.05, 0) is 37.3 Å². The van der Waals surface area contributed by atoms with Crippen LogP contribution >= 0.6 is 0 Å².